The number of carbonyl (C=O) groups is 2. The molecule has 1 amide bonds. The zero-order valence-corrected chi connectivity index (χ0v) is 19.8. The Morgan fingerprint density at radius 1 is 1.21 bits per heavy atom. The van der Waals surface area contributed by atoms with Crippen LogP contribution in [0.3, 0.4) is 0 Å². The average molecular weight is 543 g/mol. The molecule has 0 unspecified atom stereocenters. The van der Waals surface area contributed by atoms with Crippen molar-refractivity contribution in [2.75, 3.05) is 25.6 Å². The molecule has 38 heavy (non-hydrogen) atoms. The molecule has 204 valence electrons. The maximum absolute atomic E-state index is 12.9. The standard InChI is InChI=1S/C21H21F2N5O3.C2HF3O2/c1-30-20-18-25-15(12-7-21(8-12)5-6-31-11-21)9-28(18)10-16(27-20)26-19(29)14-4-2-3-13(24-14)17(22)23;3-2(4,5)1(6)7/h2-4,9-10,12,17H,5-8,11H2,1H3,(H,26,29);(H,6,7). The Morgan fingerprint density at radius 2 is 1.92 bits per heavy atom. The third kappa shape index (κ3) is 5.82. The van der Waals surface area contributed by atoms with E-state index in [-0.39, 0.29) is 17.4 Å². The summed E-state index contributed by atoms with van der Waals surface area (Å²) in [6.45, 7) is 1.65. The molecule has 0 atom stereocenters. The predicted molar refractivity (Wildman–Crippen MR) is 120 cm³/mol. The minimum Gasteiger partial charge on any atom is -0.478 e. The normalized spacial score (nSPS) is 20.7. The van der Waals surface area contributed by atoms with E-state index in [9.17, 15) is 26.7 Å². The van der Waals surface area contributed by atoms with E-state index in [0.717, 1.165) is 38.2 Å². The van der Waals surface area contributed by atoms with Crippen LogP contribution in [0.1, 0.15) is 53.5 Å². The molecule has 1 aliphatic carbocycles. The monoisotopic (exact) mass is 543 g/mol. The van der Waals surface area contributed by atoms with Crippen molar-refractivity contribution in [3.05, 3.63) is 47.7 Å². The summed E-state index contributed by atoms with van der Waals surface area (Å²) in [4.78, 5) is 34.1. The largest absolute Gasteiger partial charge is 0.490 e. The number of amides is 1. The highest BCUT2D eigenvalue weighted by Crippen LogP contribution is 2.55. The van der Waals surface area contributed by atoms with Crippen LogP contribution in [0, 0.1) is 5.41 Å². The summed E-state index contributed by atoms with van der Waals surface area (Å²) in [6.07, 6.45) is -1.12. The SMILES string of the molecule is COc1nc(NC(=O)c2cccc(C(F)F)n2)cn2cc(C3CC4(CCOC4)C3)nc12.O=C(O)C(F)(F)F. The first-order valence-electron chi connectivity index (χ1n) is 11.3. The zero-order chi connectivity index (χ0) is 27.7. The van der Waals surface area contributed by atoms with Gasteiger partial charge in [-0.05, 0) is 36.8 Å². The molecule has 15 heteroatoms. The number of alkyl halides is 5. The van der Waals surface area contributed by atoms with Crippen molar-refractivity contribution in [2.24, 2.45) is 5.41 Å². The third-order valence-corrected chi connectivity index (χ3v) is 6.29. The average Bonchev–Trinajstić information content (AvgIpc) is 3.50. The minimum atomic E-state index is -5.08. The molecule has 2 N–H and O–H groups in total. The van der Waals surface area contributed by atoms with Crippen molar-refractivity contribution in [3.63, 3.8) is 0 Å². The van der Waals surface area contributed by atoms with E-state index < -0.39 is 30.2 Å². The van der Waals surface area contributed by atoms with Crippen LogP contribution in [0.5, 0.6) is 5.88 Å². The number of fused-ring (bicyclic) bond motifs is 1. The highest BCUT2D eigenvalue weighted by atomic mass is 19.4. The van der Waals surface area contributed by atoms with Crippen LogP contribution in [-0.4, -0.2) is 62.8 Å². The Labute approximate surface area is 211 Å². The van der Waals surface area contributed by atoms with Gasteiger partial charge in [0, 0.05) is 18.7 Å². The van der Waals surface area contributed by atoms with E-state index in [2.05, 4.69) is 15.3 Å². The third-order valence-electron chi connectivity index (χ3n) is 6.29. The van der Waals surface area contributed by atoms with Gasteiger partial charge in [0.1, 0.15) is 11.4 Å². The first kappa shape index (κ1) is 27.2. The van der Waals surface area contributed by atoms with Gasteiger partial charge in [-0.2, -0.15) is 18.2 Å². The summed E-state index contributed by atoms with van der Waals surface area (Å²) in [5.41, 5.74) is 1.22. The van der Waals surface area contributed by atoms with E-state index >= 15 is 0 Å². The maximum Gasteiger partial charge on any atom is 0.490 e. The fraction of sp³-hybridized carbons (Fsp3) is 0.435. The van der Waals surface area contributed by atoms with Gasteiger partial charge in [0.25, 0.3) is 18.2 Å². The number of halogens is 5. The molecule has 3 aromatic heterocycles. The summed E-state index contributed by atoms with van der Waals surface area (Å²) in [5, 5.41) is 9.72. The Hall–Kier alpha value is -3.88. The molecule has 1 spiro atoms. The van der Waals surface area contributed by atoms with Gasteiger partial charge in [-0.25, -0.2) is 23.5 Å². The topological polar surface area (TPSA) is 128 Å². The molecular formula is C23H22F5N5O5. The lowest BCUT2D eigenvalue weighted by Crippen LogP contribution is -2.36. The molecule has 0 bridgehead atoms. The Balaban J connectivity index is 0.000000426. The van der Waals surface area contributed by atoms with E-state index in [4.69, 9.17) is 24.4 Å². The van der Waals surface area contributed by atoms with Crippen molar-refractivity contribution in [2.45, 2.75) is 37.8 Å². The molecule has 2 fully saturated rings. The highest BCUT2D eigenvalue weighted by molar-refractivity contribution is 6.02. The second-order valence-electron chi connectivity index (χ2n) is 8.95. The van der Waals surface area contributed by atoms with Crippen molar-refractivity contribution in [3.8, 4) is 5.88 Å². The second kappa shape index (κ2) is 10.5. The van der Waals surface area contributed by atoms with Gasteiger partial charge < -0.3 is 19.9 Å². The lowest BCUT2D eigenvalue weighted by atomic mass is 9.61. The molecule has 1 saturated heterocycles. The Bertz CT molecular complexity index is 1330. The molecule has 4 heterocycles. The van der Waals surface area contributed by atoms with Gasteiger partial charge in [-0.15, -0.1) is 0 Å². The number of nitrogens with zero attached hydrogens (tertiary/aromatic N) is 4. The number of rotatable bonds is 5. The summed E-state index contributed by atoms with van der Waals surface area (Å²) >= 11 is 0. The fourth-order valence-electron chi connectivity index (χ4n) is 4.43. The number of carboxylic acids is 1. The fourth-order valence-corrected chi connectivity index (χ4v) is 4.43. The number of carbonyl (C=O) groups excluding carboxylic acids is 1. The minimum absolute atomic E-state index is 0.122. The number of ether oxygens (including phenoxy) is 2. The van der Waals surface area contributed by atoms with E-state index in [0.29, 0.717) is 17.0 Å². The first-order valence-corrected chi connectivity index (χ1v) is 11.3. The van der Waals surface area contributed by atoms with Crippen LogP contribution in [-0.2, 0) is 9.53 Å². The first-order chi connectivity index (χ1) is 17.9. The smallest absolute Gasteiger partial charge is 0.478 e. The number of hydrogen-bond donors (Lipinski definition) is 2. The second-order valence-corrected chi connectivity index (χ2v) is 8.95. The lowest BCUT2D eigenvalue weighted by Gasteiger charge is -2.43. The van der Waals surface area contributed by atoms with Gasteiger partial charge in [0.15, 0.2) is 5.82 Å². The Kier molecular flexibility index (Phi) is 7.49. The van der Waals surface area contributed by atoms with Gasteiger partial charge in [0.05, 0.1) is 25.6 Å². The molecule has 0 radical (unpaired) electrons. The number of hydrogen-bond acceptors (Lipinski definition) is 7. The highest BCUT2D eigenvalue weighted by Gasteiger charge is 2.48. The molecule has 2 aliphatic rings. The van der Waals surface area contributed by atoms with Crippen LogP contribution in [0.2, 0.25) is 0 Å². The number of aliphatic carboxylic acids is 1. The number of carboxylic acid groups (broad SMARTS) is 1. The molecule has 3 aromatic rings. The molecule has 1 saturated carbocycles. The van der Waals surface area contributed by atoms with E-state index in [1.807, 2.05) is 6.20 Å². The summed E-state index contributed by atoms with van der Waals surface area (Å²) in [7, 11) is 1.48. The molecule has 5 rings (SSSR count). The van der Waals surface area contributed by atoms with Crippen LogP contribution in [0.15, 0.2) is 30.6 Å². The number of methoxy groups -OCH3 is 1. The van der Waals surface area contributed by atoms with Crippen LogP contribution < -0.4 is 10.1 Å². The van der Waals surface area contributed by atoms with E-state index in [1.54, 1.807) is 10.6 Å². The van der Waals surface area contributed by atoms with Crippen LogP contribution in [0.25, 0.3) is 5.65 Å². The van der Waals surface area contributed by atoms with Crippen LogP contribution in [0.4, 0.5) is 27.8 Å². The molecule has 1 aliphatic heterocycles. The number of nitrogens with one attached hydrogen (secondary N) is 1. The van der Waals surface area contributed by atoms with Gasteiger partial charge in [0.2, 0.25) is 5.65 Å². The molecular weight excluding hydrogens is 521 g/mol. The number of anilines is 1. The number of aromatic nitrogens is 4. The summed E-state index contributed by atoms with van der Waals surface area (Å²) in [5.74, 6) is -2.58. The van der Waals surface area contributed by atoms with E-state index in [1.165, 1.54) is 25.3 Å². The van der Waals surface area contributed by atoms with Gasteiger partial charge in [-0.3, -0.25) is 9.20 Å². The van der Waals surface area contributed by atoms with Crippen molar-refractivity contribution < 1.29 is 46.1 Å². The zero-order valence-electron chi connectivity index (χ0n) is 19.8. The lowest BCUT2D eigenvalue weighted by molar-refractivity contribution is -0.192. The predicted octanol–water partition coefficient (Wildman–Crippen LogP) is 4.24. The molecule has 10 nitrogen and oxygen atoms in total. The maximum atomic E-state index is 12.9. The van der Waals surface area contributed by atoms with Crippen molar-refractivity contribution in [1.29, 1.82) is 0 Å². The van der Waals surface area contributed by atoms with Crippen LogP contribution >= 0.6 is 0 Å². The van der Waals surface area contributed by atoms with Crippen molar-refractivity contribution >= 4 is 23.3 Å². The number of pyridine rings is 1. The number of imidazole rings is 1. The quantitative estimate of drug-likeness (QED) is 0.458. The van der Waals surface area contributed by atoms with Gasteiger partial charge in [-0.1, -0.05) is 6.07 Å². The summed E-state index contributed by atoms with van der Waals surface area (Å²) in [6, 6.07) is 3.90. The molecule has 0 aromatic carbocycles. The van der Waals surface area contributed by atoms with Crippen molar-refractivity contribution in [1.82, 2.24) is 19.4 Å². The Morgan fingerprint density at radius 3 is 2.50 bits per heavy atom. The summed E-state index contributed by atoms with van der Waals surface area (Å²) < 4.78 is 70.1. The van der Waals surface area contributed by atoms with Gasteiger partial charge >= 0.3 is 12.1 Å².